The molecule has 0 aliphatic rings. The number of hydrogen-bond donors (Lipinski definition) is 1. The van der Waals surface area contributed by atoms with Crippen molar-refractivity contribution < 1.29 is 18.3 Å². The Morgan fingerprint density at radius 2 is 1.95 bits per heavy atom. The van der Waals surface area contributed by atoms with Crippen LogP contribution in [0.25, 0.3) is 0 Å². The lowest BCUT2D eigenvalue weighted by atomic mass is 10.1. The lowest BCUT2D eigenvalue weighted by molar-refractivity contribution is -0.128. The summed E-state index contributed by atoms with van der Waals surface area (Å²) in [7, 11) is -0.601. The zero-order valence-electron chi connectivity index (χ0n) is 12.8. The molecule has 1 atom stereocenters. The maximum Gasteiger partial charge on any atom is 0.243 e. The molecule has 0 fully saturated rings. The Bertz CT molecular complexity index is 597. The lowest BCUT2D eigenvalue weighted by Gasteiger charge is -2.22. The molecule has 0 aliphatic carbocycles. The van der Waals surface area contributed by atoms with E-state index in [9.17, 15) is 18.3 Å². The van der Waals surface area contributed by atoms with Gasteiger partial charge in [-0.15, -0.1) is 0 Å². The van der Waals surface area contributed by atoms with E-state index in [2.05, 4.69) is 0 Å². The molecule has 6 nitrogen and oxygen atoms in total. The van der Waals surface area contributed by atoms with Crippen LogP contribution in [0.3, 0.4) is 0 Å². The van der Waals surface area contributed by atoms with E-state index in [-0.39, 0.29) is 23.9 Å². The molecule has 1 aromatic rings. The third kappa shape index (κ3) is 4.26. The summed E-state index contributed by atoms with van der Waals surface area (Å²) in [4.78, 5) is 13.2. The fourth-order valence-corrected chi connectivity index (χ4v) is 3.20. The molecule has 0 saturated carbocycles. The Morgan fingerprint density at radius 1 is 1.33 bits per heavy atom. The molecule has 1 amide bonds. The second kappa shape index (κ2) is 7.02. The van der Waals surface area contributed by atoms with Gasteiger partial charge in [0.15, 0.2) is 0 Å². The standard InChI is InChI=1S/C14H22N2O4S/c1-5-16(10-14(18)15(3)4)21(19,20)13-8-6-7-12(9-13)11(2)17/h6-9,11,17H,5,10H2,1-4H3. The van der Waals surface area contributed by atoms with Crippen molar-refractivity contribution in [2.75, 3.05) is 27.2 Å². The minimum atomic E-state index is -3.76. The summed E-state index contributed by atoms with van der Waals surface area (Å²) < 4.78 is 26.3. The fourth-order valence-electron chi connectivity index (χ4n) is 1.74. The van der Waals surface area contributed by atoms with Crippen molar-refractivity contribution in [2.45, 2.75) is 24.8 Å². The Morgan fingerprint density at radius 3 is 2.43 bits per heavy atom. The van der Waals surface area contributed by atoms with E-state index in [1.807, 2.05) is 0 Å². The number of carbonyl (C=O) groups is 1. The van der Waals surface area contributed by atoms with Crippen LogP contribution in [-0.2, 0) is 14.8 Å². The summed E-state index contributed by atoms with van der Waals surface area (Å²) in [5, 5.41) is 9.56. The van der Waals surface area contributed by atoms with E-state index >= 15 is 0 Å². The minimum absolute atomic E-state index is 0.0781. The number of rotatable bonds is 6. The summed E-state index contributed by atoms with van der Waals surface area (Å²) in [6.45, 7) is 3.24. The normalized spacial score (nSPS) is 13.2. The van der Waals surface area contributed by atoms with Gasteiger partial charge < -0.3 is 10.0 Å². The molecule has 0 bridgehead atoms. The SMILES string of the molecule is CCN(CC(=O)N(C)C)S(=O)(=O)c1cccc(C(C)O)c1. The van der Waals surface area contributed by atoms with Crippen LogP contribution in [0, 0.1) is 0 Å². The number of carbonyl (C=O) groups excluding carboxylic acids is 1. The van der Waals surface area contributed by atoms with Crippen molar-refractivity contribution in [3.63, 3.8) is 0 Å². The van der Waals surface area contributed by atoms with Crippen LogP contribution >= 0.6 is 0 Å². The Labute approximate surface area is 126 Å². The van der Waals surface area contributed by atoms with Gasteiger partial charge in [-0.25, -0.2) is 8.42 Å². The maximum absolute atomic E-state index is 12.6. The topological polar surface area (TPSA) is 77.9 Å². The highest BCUT2D eigenvalue weighted by Crippen LogP contribution is 2.20. The van der Waals surface area contributed by atoms with Crippen molar-refractivity contribution in [2.24, 2.45) is 0 Å². The van der Waals surface area contributed by atoms with Crippen LogP contribution < -0.4 is 0 Å². The second-order valence-electron chi connectivity index (χ2n) is 4.97. The van der Waals surface area contributed by atoms with Gasteiger partial charge in [-0.2, -0.15) is 4.31 Å². The van der Waals surface area contributed by atoms with Gasteiger partial charge in [0.05, 0.1) is 17.5 Å². The third-order valence-corrected chi connectivity index (χ3v) is 5.06. The maximum atomic E-state index is 12.6. The number of aliphatic hydroxyl groups is 1. The molecular weight excluding hydrogens is 292 g/mol. The summed E-state index contributed by atoms with van der Waals surface area (Å²) in [6, 6.07) is 6.13. The molecule has 1 unspecified atom stereocenters. The molecule has 21 heavy (non-hydrogen) atoms. The van der Waals surface area contributed by atoms with Crippen LogP contribution in [0.15, 0.2) is 29.2 Å². The lowest BCUT2D eigenvalue weighted by Crippen LogP contribution is -2.40. The summed E-state index contributed by atoms with van der Waals surface area (Å²) >= 11 is 0. The van der Waals surface area contributed by atoms with Gasteiger partial charge in [0.2, 0.25) is 15.9 Å². The minimum Gasteiger partial charge on any atom is -0.389 e. The summed E-state index contributed by atoms with van der Waals surface area (Å²) in [5.41, 5.74) is 0.520. The van der Waals surface area contributed by atoms with Crippen molar-refractivity contribution in [1.29, 1.82) is 0 Å². The van der Waals surface area contributed by atoms with Gasteiger partial charge in [-0.3, -0.25) is 4.79 Å². The van der Waals surface area contributed by atoms with Crippen molar-refractivity contribution in [3.8, 4) is 0 Å². The van der Waals surface area contributed by atoms with Crippen LogP contribution in [0.5, 0.6) is 0 Å². The fraction of sp³-hybridized carbons (Fsp3) is 0.500. The average Bonchev–Trinajstić information content (AvgIpc) is 2.44. The van der Waals surface area contributed by atoms with Gasteiger partial charge in [0.1, 0.15) is 0 Å². The first-order valence-electron chi connectivity index (χ1n) is 6.68. The molecule has 118 valence electrons. The smallest absolute Gasteiger partial charge is 0.243 e. The first kappa shape index (κ1) is 17.6. The molecular formula is C14H22N2O4S. The molecule has 0 aliphatic heterocycles. The number of benzene rings is 1. The first-order chi connectivity index (χ1) is 9.70. The molecule has 1 aromatic carbocycles. The van der Waals surface area contributed by atoms with Crippen molar-refractivity contribution in [3.05, 3.63) is 29.8 Å². The summed E-state index contributed by atoms with van der Waals surface area (Å²) in [5.74, 6) is -0.285. The highest BCUT2D eigenvalue weighted by atomic mass is 32.2. The Balaban J connectivity index is 3.13. The molecule has 7 heteroatoms. The number of likely N-dealkylation sites (N-methyl/N-ethyl adjacent to an activating group) is 2. The van der Waals surface area contributed by atoms with Gasteiger partial charge in [-0.1, -0.05) is 19.1 Å². The van der Waals surface area contributed by atoms with Crippen LogP contribution in [0.2, 0.25) is 0 Å². The van der Waals surface area contributed by atoms with E-state index in [1.54, 1.807) is 40.1 Å². The number of nitrogens with zero attached hydrogens (tertiary/aromatic N) is 2. The van der Waals surface area contributed by atoms with E-state index < -0.39 is 16.1 Å². The molecule has 0 aromatic heterocycles. The van der Waals surface area contributed by atoms with Crippen LogP contribution in [0.1, 0.15) is 25.5 Å². The highest BCUT2D eigenvalue weighted by molar-refractivity contribution is 7.89. The molecule has 1 N–H and O–H groups in total. The van der Waals surface area contributed by atoms with Crippen molar-refractivity contribution in [1.82, 2.24) is 9.21 Å². The second-order valence-corrected chi connectivity index (χ2v) is 6.91. The van der Waals surface area contributed by atoms with Gasteiger partial charge in [-0.05, 0) is 24.6 Å². The van der Waals surface area contributed by atoms with Gasteiger partial charge >= 0.3 is 0 Å². The van der Waals surface area contributed by atoms with Crippen LogP contribution in [-0.4, -0.2) is 55.8 Å². The molecule has 0 saturated heterocycles. The van der Waals surface area contributed by atoms with Crippen molar-refractivity contribution >= 4 is 15.9 Å². The molecule has 1 rings (SSSR count). The zero-order valence-corrected chi connectivity index (χ0v) is 13.6. The number of amides is 1. The predicted octanol–water partition coefficient (Wildman–Crippen LogP) is 0.839. The van der Waals surface area contributed by atoms with E-state index in [0.29, 0.717) is 5.56 Å². The quantitative estimate of drug-likeness (QED) is 0.844. The molecule has 0 heterocycles. The van der Waals surface area contributed by atoms with Crippen LogP contribution in [0.4, 0.5) is 0 Å². The van der Waals surface area contributed by atoms with Gasteiger partial charge in [0.25, 0.3) is 0 Å². The first-order valence-corrected chi connectivity index (χ1v) is 8.12. The Kier molecular flexibility index (Phi) is 5.88. The number of aliphatic hydroxyl groups excluding tert-OH is 1. The predicted molar refractivity (Wildman–Crippen MR) is 80.2 cm³/mol. The zero-order chi connectivity index (χ0) is 16.2. The van der Waals surface area contributed by atoms with E-state index in [4.69, 9.17) is 0 Å². The number of sulfonamides is 1. The molecule has 0 spiro atoms. The highest BCUT2D eigenvalue weighted by Gasteiger charge is 2.26. The third-order valence-electron chi connectivity index (χ3n) is 3.14. The molecule has 0 radical (unpaired) electrons. The van der Waals surface area contributed by atoms with E-state index in [1.165, 1.54) is 17.0 Å². The van der Waals surface area contributed by atoms with Gasteiger partial charge in [0, 0.05) is 20.6 Å². The van der Waals surface area contributed by atoms with E-state index in [0.717, 1.165) is 4.31 Å². The Hall–Kier alpha value is -1.44. The average molecular weight is 314 g/mol. The monoisotopic (exact) mass is 314 g/mol. The summed E-state index contributed by atoms with van der Waals surface area (Å²) in [6.07, 6.45) is -0.751. The number of hydrogen-bond acceptors (Lipinski definition) is 4. The largest absolute Gasteiger partial charge is 0.389 e.